The highest BCUT2D eigenvalue weighted by Gasteiger charge is 2.23. The molecule has 1 aliphatic rings. The van der Waals surface area contributed by atoms with E-state index in [1.165, 1.54) is 16.5 Å². The molecule has 1 fully saturated rings. The maximum atomic E-state index is 12.4. The Labute approximate surface area is 180 Å². The summed E-state index contributed by atoms with van der Waals surface area (Å²) in [4.78, 5) is 15.4. The molecule has 3 aromatic rings. The van der Waals surface area contributed by atoms with Gasteiger partial charge in [0.05, 0.1) is 12.2 Å². The molecule has 1 amide bonds. The number of methoxy groups -OCH3 is 1. The van der Waals surface area contributed by atoms with Crippen LogP contribution in [0.15, 0.2) is 49.2 Å². The van der Waals surface area contributed by atoms with Crippen molar-refractivity contribution >= 4 is 16.9 Å². The molecule has 0 bridgehead atoms. The molecule has 2 aromatic heterocycles. The van der Waals surface area contributed by atoms with Gasteiger partial charge in [-0.05, 0) is 49.1 Å². The molecule has 1 atom stereocenters. The van der Waals surface area contributed by atoms with Gasteiger partial charge in [0, 0.05) is 37.4 Å². The molecule has 1 saturated heterocycles. The largest absolute Gasteiger partial charge is 0.507 e. The molecule has 164 valence electrons. The van der Waals surface area contributed by atoms with E-state index in [-0.39, 0.29) is 18.2 Å². The van der Waals surface area contributed by atoms with Crippen molar-refractivity contribution in [1.82, 2.24) is 20.1 Å². The van der Waals surface area contributed by atoms with Crippen LogP contribution >= 0.6 is 0 Å². The van der Waals surface area contributed by atoms with Gasteiger partial charge in [0.1, 0.15) is 11.9 Å². The number of aromatic nitrogens is 3. The average Bonchev–Trinajstić information content (AvgIpc) is 3.40. The molecule has 7 nitrogen and oxygen atoms in total. The van der Waals surface area contributed by atoms with Crippen molar-refractivity contribution in [3.05, 3.63) is 54.7 Å². The second kappa shape index (κ2) is 10.7. The molecule has 0 spiro atoms. The lowest BCUT2D eigenvalue weighted by atomic mass is 10.1. The maximum Gasteiger partial charge on any atom is 0.246 e. The van der Waals surface area contributed by atoms with E-state index in [0.29, 0.717) is 24.2 Å². The standard InChI is InChI=1S/C16H17N3O2.C7H10FNO/c1-21-8-4-5-11-10-17-16-13(11)9-14(18-19-16)12-6-2-3-7-15(12)20;1-2-7(10)9-4-3-6(8)5-9/h2-3,6-7,9-10,20H,4-5,8H2,1H3,(H,17,19);2,6H,1,3-5H2. The summed E-state index contributed by atoms with van der Waals surface area (Å²) in [6.45, 7) is 4.82. The Morgan fingerprint density at radius 3 is 2.90 bits per heavy atom. The first-order valence-corrected chi connectivity index (χ1v) is 10.2. The number of ether oxygens (including phenoxy) is 1. The first kappa shape index (κ1) is 22.4. The number of fused-ring (bicyclic) bond motifs is 1. The zero-order valence-electron chi connectivity index (χ0n) is 17.6. The van der Waals surface area contributed by atoms with Gasteiger partial charge in [-0.1, -0.05) is 18.7 Å². The average molecular weight is 426 g/mol. The lowest BCUT2D eigenvalue weighted by molar-refractivity contribution is -0.125. The lowest BCUT2D eigenvalue weighted by Crippen LogP contribution is -2.26. The topological polar surface area (TPSA) is 91.3 Å². The van der Waals surface area contributed by atoms with Crippen LogP contribution in [0.5, 0.6) is 5.75 Å². The lowest BCUT2D eigenvalue weighted by Gasteiger charge is -2.10. The van der Waals surface area contributed by atoms with E-state index in [1.807, 2.05) is 24.4 Å². The van der Waals surface area contributed by atoms with Gasteiger partial charge < -0.3 is 19.7 Å². The smallest absolute Gasteiger partial charge is 0.246 e. The number of nitrogens with one attached hydrogen (secondary N) is 1. The van der Waals surface area contributed by atoms with Crippen molar-refractivity contribution in [1.29, 1.82) is 0 Å². The fourth-order valence-electron chi connectivity index (χ4n) is 3.46. The predicted octanol–water partition coefficient (Wildman–Crippen LogP) is 3.65. The third-order valence-corrected chi connectivity index (χ3v) is 5.11. The van der Waals surface area contributed by atoms with Crippen molar-refractivity contribution in [2.24, 2.45) is 0 Å². The highest BCUT2D eigenvalue weighted by atomic mass is 19.1. The molecule has 1 aromatic carbocycles. The Hall–Kier alpha value is -3.26. The zero-order valence-corrected chi connectivity index (χ0v) is 17.6. The molecule has 0 saturated carbocycles. The summed E-state index contributed by atoms with van der Waals surface area (Å²) in [5, 5.41) is 19.4. The van der Waals surface area contributed by atoms with Crippen molar-refractivity contribution in [3.8, 4) is 17.0 Å². The second-order valence-corrected chi connectivity index (χ2v) is 7.29. The summed E-state index contributed by atoms with van der Waals surface area (Å²) in [6, 6.07) is 9.12. The number of amides is 1. The molecule has 8 heteroatoms. The number of nitrogens with zero attached hydrogens (tertiary/aromatic N) is 3. The van der Waals surface area contributed by atoms with Crippen molar-refractivity contribution in [2.75, 3.05) is 26.8 Å². The molecule has 4 rings (SSSR count). The molecule has 3 heterocycles. The van der Waals surface area contributed by atoms with Crippen LogP contribution in [0.4, 0.5) is 4.39 Å². The van der Waals surface area contributed by atoms with Crippen LogP contribution in [-0.2, 0) is 16.0 Å². The van der Waals surface area contributed by atoms with E-state index in [9.17, 15) is 14.3 Å². The fourth-order valence-corrected chi connectivity index (χ4v) is 3.46. The van der Waals surface area contributed by atoms with Gasteiger partial charge in [-0.15, -0.1) is 10.2 Å². The molecule has 31 heavy (non-hydrogen) atoms. The van der Waals surface area contributed by atoms with E-state index in [0.717, 1.165) is 30.5 Å². The number of aryl methyl sites for hydroxylation is 1. The normalized spacial score (nSPS) is 15.5. The van der Waals surface area contributed by atoms with E-state index < -0.39 is 6.17 Å². The Kier molecular flexibility index (Phi) is 7.72. The number of benzene rings is 1. The fraction of sp³-hybridized carbons (Fsp3) is 0.348. The number of alkyl halides is 1. The number of carbonyl (C=O) groups is 1. The quantitative estimate of drug-likeness (QED) is 0.464. The van der Waals surface area contributed by atoms with Gasteiger partial charge in [0.2, 0.25) is 5.91 Å². The number of phenolic OH excluding ortho intramolecular Hbond substituents is 1. The minimum atomic E-state index is -0.830. The molecule has 1 aliphatic heterocycles. The van der Waals surface area contributed by atoms with Gasteiger partial charge >= 0.3 is 0 Å². The van der Waals surface area contributed by atoms with Gasteiger partial charge in [-0.3, -0.25) is 4.79 Å². The predicted molar refractivity (Wildman–Crippen MR) is 117 cm³/mol. The number of carbonyl (C=O) groups excluding carboxylic acids is 1. The number of hydrogen-bond acceptors (Lipinski definition) is 5. The Morgan fingerprint density at radius 2 is 2.23 bits per heavy atom. The minimum Gasteiger partial charge on any atom is -0.507 e. The molecule has 2 N–H and O–H groups in total. The van der Waals surface area contributed by atoms with E-state index in [2.05, 4.69) is 21.8 Å². The van der Waals surface area contributed by atoms with Crippen LogP contribution in [-0.4, -0.2) is 64.1 Å². The van der Waals surface area contributed by atoms with Crippen molar-refractivity contribution in [3.63, 3.8) is 0 Å². The number of aromatic amines is 1. The van der Waals surface area contributed by atoms with Crippen LogP contribution in [0.2, 0.25) is 0 Å². The van der Waals surface area contributed by atoms with Crippen molar-refractivity contribution < 1.29 is 19.0 Å². The SMILES string of the molecule is C=CC(=O)N1CCC(F)C1.COCCCc1c[nH]c2nnc(-c3ccccc3O)cc12. The minimum absolute atomic E-state index is 0.167. The Bertz CT molecular complexity index is 1040. The number of para-hydroxylation sites is 1. The first-order valence-electron chi connectivity index (χ1n) is 10.2. The first-order chi connectivity index (χ1) is 15.0. The second-order valence-electron chi connectivity index (χ2n) is 7.29. The number of likely N-dealkylation sites (tertiary alicyclic amines) is 1. The van der Waals surface area contributed by atoms with Crippen LogP contribution in [0.25, 0.3) is 22.3 Å². The number of rotatable bonds is 6. The summed E-state index contributed by atoms with van der Waals surface area (Å²) < 4.78 is 17.5. The highest BCUT2D eigenvalue weighted by Crippen LogP contribution is 2.29. The summed E-state index contributed by atoms with van der Waals surface area (Å²) in [5.74, 6) is 0.0442. The van der Waals surface area contributed by atoms with Crippen LogP contribution in [0, 0.1) is 0 Å². The van der Waals surface area contributed by atoms with Crippen molar-refractivity contribution in [2.45, 2.75) is 25.4 Å². The number of halogens is 1. The van der Waals surface area contributed by atoms with E-state index in [4.69, 9.17) is 4.74 Å². The third-order valence-electron chi connectivity index (χ3n) is 5.11. The number of hydrogen-bond donors (Lipinski definition) is 2. The molecule has 0 radical (unpaired) electrons. The van der Waals surface area contributed by atoms with Gasteiger partial charge in [-0.25, -0.2) is 4.39 Å². The number of H-pyrrole nitrogens is 1. The van der Waals surface area contributed by atoms with E-state index in [1.54, 1.807) is 19.2 Å². The third kappa shape index (κ3) is 5.67. The highest BCUT2D eigenvalue weighted by molar-refractivity contribution is 5.87. The Morgan fingerprint density at radius 1 is 1.42 bits per heavy atom. The summed E-state index contributed by atoms with van der Waals surface area (Å²) >= 11 is 0. The van der Waals surface area contributed by atoms with Gasteiger partial charge in [0.25, 0.3) is 0 Å². The molecule has 1 unspecified atom stereocenters. The van der Waals surface area contributed by atoms with Crippen LogP contribution in [0.1, 0.15) is 18.4 Å². The number of aromatic hydroxyl groups is 1. The van der Waals surface area contributed by atoms with Crippen LogP contribution < -0.4 is 0 Å². The monoisotopic (exact) mass is 426 g/mol. The van der Waals surface area contributed by atoms with Gasteiger partial charge in [0.15, 0.2) is 5.65 Å². The molecular formula is C23H27FN4O3. The van der Waals surface area contributed by atoms with E-state index >= 15 is 0 Å². The maximum absolute atomic E-state index is 12.4. The van der Waals surface area contributed by atoms with Gasteiger partial charge in [-0.2, -0.15) is 0 Å². The summed E-state index contributed by atoms with van der Waals surface area (Å²) in [7, 11) is 1.71. The summed E-state index contributed by atoms with van der Waals surface area (Å²) in [5.41, 5.74) is 3.32. The number of phenols is 1. The van der Waals surface area contributed by atoms with Crippen LogP contribution in [0.3, 0.4) is 0 Å². The summed E-state index contributed by atoms with van der Waals surface area (Å²) in [6.07, 6.45) is 4.70. The molecule has 0 aliphatic carbocycles. The Balaban J connectivity index is 0.000000229. The zero-order chi connectivity index (χ0) is 22.2. The molecular weight excluding hydrogens is 399 g/mol.